The van der Waals surface area contributed by atoms with E-state index >= 15 is 0 Å². The Labute approximate surface area is 68.7 Å². The molecule has 1 saturated carbocycles. The van der Waals surface area contributed by atoms with Gasteiger partial charge in [0.25, 0.3) is 0 Å². The summed E-state index contributed by atoms with van der Waals surface area (Å²) in [4.78, 5) is 0. The van der Waals surface area contributed by atoms with E-state index in [4.69, 9.17) is 0 Å². The predicted octanol–water partition coefficient (Wildman–Crippen LogP) is 3.29. The third-order valence-corrected chi connectivity index (χ3v) is 3.95. The molecule has 3 aliphatic rings. The predicted molar refractivity (Wildman–Crippen MR) is 46.3 cm³/mol. The molecule has 0 heterocycles. The van der Waals surface area contributed by atoms with Gasteiger partial charge in [-0.2, -0.15) is 0 Å². The third kappa shape index (κ3) is 0.816. The van der Waals surface area contributed by atoms with E-state index in [1.165, 1.54) is 38.5 Å². The summed E-state index contributed by atoms with van der Waals surface area (Å²) in [7, 11) is 0. The number of fused-ring (bicyclic) bond motifs is 3. The van der Waals surface area contributed by atoms with Crippen molar-refractivity contribution >= 4 is 0 Å². The normalized spacial score (nSPS) is 41.5. The van der Waals surface area contributed by atoms with Gasteiger partial charge >= 0.3 is 0 Å². The summed E-state index contributed by atoms with van der Waals surface area (Å²) in [6, 6.07) is 0. The van der Waals surface area contributed by atoms with Crippen LogP contribution >= 0.6 is 0 Å². The third-order valence-electron chi connectivity index (χ3n) is 3.95. The van der Waals surface area contributed by atoms with Gasteiger partial charge in [0.05, 0.1) is 0 Å². The number of rotatable bonds is 0. The summed E-state index contributed by atoms with van der Waals surface area (Å²) >= 11 is 0. The quantitative estimate of drug-likeness (QED) is 0.462. The molecular weight excluding hydrogens is 132 g/mol. The first-order valence-electron chi connectivity index (χ1n) is 5.14. The summed E-state index contributed by atoms with van der Waals surface area (Å²) in [6.45, 7) is 0. The van der Waals surface area contributed by atoms with Gasteiger partial charge in [-0.1, -0.05) is 11.1 Å². The fourth-order valence-corrected chi connectivity index (χ4v) is 3.48. The smallest absolute Gasteiger partial charge is 0.0198 e. The second-order valence-corrected chi connectivity index (χ2v) is 4.56. The molecule has 0 aliphatic heterocycles. The molecular formula is C11H16. The van der Waals surface area contributed by atoms with Gasteiger partial charge in [0.1, 0.15) is 0 Å². The van der Waals surface area contributed by atoms with Gasteiger partial charge in [-0.3, -0.25) is 0 Å². The zero-order chi connectivity index (χ0) is 7.26. The lowest BCUT2D eigenvalue weighted by atomic mass is 9.84. The Morgan fingerprint density at radius 2 is 2.09 bits per heavy atom. The van der Waals surface area contributed by atoms with Gasteiger partial charge in [0, 0.05) is 0 Å². The molecule has 0 aromatic carbocycles. The Kier molecular flexibility index (Phi) is 1.21. The molecule has 11 heavy (non-hydrogen) atoms. The maximum atomic E-state index is 1.92. The lowest BCUT2D eigenvalue weighted by molar-refractivity contribution is 0.486. The van der Waals surface area contributed by atoms with Gasteiger partial charge in [0.15, 0.2) is 0 Å². The molecule has 2 atom stereocenters. The van der Waals surface area contributed by atoms with Crippen molar-refractivity contribution in [3.63, 3.8) is 0 Å². The van der Waals surface area contributed by atoms with Crippen molar-refractivity contribution < 1.29 is 0 Å². The van der Waals surface area contributed by atoms with Crippen LogP contribution in [0.3, 0.4) is 0 Å². The molecule has 1 fully saturated rings. The summed E-state index contributed by atoms with van der Waals surface area (Å²) in [5, 5.41) is 0. The molecule has 0 amide bonds. The molecule has 2 bridgehead atoms. The van der Waals surface area contributed by atoms with Crippen molar-refractivity contribution in [1.82, 2.24) is 0 Å². The van der Waals surface area contributed by atoms with Crippen LogP contribution in [-0.4, -0.2) is 0 Å². The summed E-state index contributed by atoms with van der Waals surface area (Å²) < 4.78 is 0. The molecule has 0 aromatic heterocycles. The first kappa shape index (κ1) is 6.28. The van der Waals surface area contributed by atoms with Crippen LogP contribution in [0.15, 0.2) is 11.1 Å². The standard InChI is InChI=1S/C11H16/c1-2-9-6-8-4-5-10(7-8)11(9)3-1/h8,10H,1-7H2. The first-order chi connectivity index (χ1) is 5.43. The van der Waals surface area contributed by atoms with Crippen molar-refractivity contribution in [2.75, 3.05) is 0 Å². The van der Waals surface area contributed by atoms with Crippen LogP contribution in [0.25, 0.3) is 0 Å². The minimum Gasteiger partial charge on any atom is -0.0704 e. The molecule has 3 rings (SSSR count). The summed E-state index contributed by atoms with van der Waals surface area (Å²) in [5.41, 5.74) is 3.81. The van der Waals surface area contributed by atoms with Crippen molar-refractivity contribution in [2.24, 2.45) is 11.8 Å². The lowest BCUT2D eigenvalue weighted by Crippen LogP contribution is -2.07. The maximum Gasteiger partial charge on any atom is -0.0198 e. The molecule has 0 saturated heterocycles. The van der Waals surface area contributed by atoms with Crippen LogP contribution in [0.2, 0.25) is 0 Å². The first-order valence-corrected chi connectivity index (χ1v) is 5.14. The molecule has 0 N–H and O–H groups in total. The molecule has 2 unspecified atom stereocenters. The average Bonchev–Trinajstić information content (AvgIpc) is 2.58. The Hall–Kier alpha value is -0.260. The van der Waals surface area contributed by atoms with Crippen LogP contribution in [0.5, 0.6) is 0 Å². The molecule has 3 aliphatic carbocycles. The molecule has 0 nitrogen and oxygen atoms in total. The van der Waals surface area contributed by atoms with E-state index in [2.05, 4.69) is 0 Å². The minimum absolute atomic E-state index is 1.06. The van der Waals surface area contributed by atoms with Gasteiger partial charge in [-0.25, -0.2) is 0 Å². The van der Waals surface area contributed by atoms with Crippen molar-refractivity contribution in [1.29, 1.82) is 0 Å². The number of hydrogen-bond acceptors (Lipinski definition) is 0. The van der Waals surface area contributed by atoms with Gasteiger partial charge < -0.3 is 0 Å². The summed E-state index contributed by atoms with van der Waals surface area (Å²) in [5.74, 6) is 2.17. The lowest BCUT2D eigenvalue weighted by Gasteiger charge is -2.21. The van der Waals surface area contributed by atoms with Gasteiger partial charge in [-0.15, -0.1) is 0 Å². The van der Waals surface area contributed by atoms with E-state index in [1.807, 2.05) is 11.1 Å². The zero-order valence-electron chi connectivity index (χ0n) is 7.10. The SMILES string of the molecule is C1CC2=C(C1)C1CCC(C2)C1. The van der Waals surface area contributed by atoms with Crippen molar-refractivity contribution in [3.05, 3.63) is 11.1 Å². The Bertz CT molecular complexity index is 212. The van der Waals surface area contributed by atoms with Crippen molar-refractivity contribution in [2.45, 2.75) is 44.9 Å². The molecule has 0 radical (unpaired) electrons. The largest absolute Gasteiger partial charge is 0.0704 e. The van der Waals surface area contributed by atoms with E-state index in [0.29, 0.717) is 0 Å². The van der Waals surface area contributed by atoms with E-state index in [0.717, 1.165) is 11.8 Å². The highest BCUT2D eigenvalue weighted by Crippen LogP contribution is 2.50. The van der Waals surface area contributed by atoms with Crippen LogP contribution < -0.4 is 0 Å². The monoisotopic (exact) mass is 148 g/mol. The minimum atomic E-state index is 1.06. The van der Waals surface area contributed by atoms with E-state index in [1.54, 1.807) is 6.42 Å². The topological polar surface area (TPSA) is 0 Å². The molecule has 0 heteroatoms. The fraction of sp³-hybridized carbons (Fsp3) is 0.818. The van der Waals surface area contributed by atoms with E-state index in [-0.39, 0.29) is 0 Å². The fourth-order valence-electron chi connectivity index (χ4n) is 3.48. The van der Waals surface area contributed by atoms with Crippen LogP contribution in [0.4, 0.5) is 0 Å². The Balaban J connectivity index is 1.98. The Morgan fingerprint density at radius 3 is 3.09 bits per heavy atom. The van der Waals surface area contributed by atoms with Crippen molar-refractivity contribution in [3.8, 4) is 0 Å². The number of hydrogen-bond donors (Lipinski definition) is 0. The highest BCUT2D eigenvalue weighted by Gasteiger charge is 2.35. The second-order valence-electron chi connectivity index (χ2n) is 4.56. The highest BCUT2D eigenvalue weighted by atomic mass is 14.4. The number of allylic oxidation sites excluding steroid dienone is 2. The second kappa shape index (κ2) is 2.12. The van der Waals surface area contributed by atoms with E-state index in [9.17, 15) is 0 Å². The van der Waals surface area contributed by atoms with Gasteiger partial charge in [-0.05, 0) is 56.8 Å². The maximum absolute atomic E-state index is 1.92. The van der Waals surface area contributed by atoms with Crippen LogP contribution in [0.1, 0.15) is 44.9 Å². The Morgan fingerprint density at radius 1 is 1.09 bits per heavy atom. The highest BCUT2D eigenvalue weighted by molar-refractivity contribution is 5.27. The van der Waals surface area contributed by atoms with Crippen LogP contribution in [-0.2, 0) is 0 Å². The molecule has 0 aromatic rings. The van der Waals surface area contributed by atoms with Crippen LogP contribution in [0, 0.1) is 11.8 Å². The average molecular weight is 148 g/mol. The summed E-state index contributed by atoms with van der Waals surface area (Å²) in [6.07, 6.45) is 10.5. The zero-order valence-corrected chi connectivity index (χ0v) is 7.10. The molecule has 60 valence electrons. The molecule has 0 spiro atoms. The van der Waals surface area contributed by atoms with Gasteiger partial charge in [0.2, 0.25) is 0 Å². The van der Waals surface area contributed by atoms with E-state index < -0.39 is 0 Å².